The number of nitrogens with one attached hydrogen (secondary N) is 1. The van der Waals surface area contributed by atoms with Crippen molar-refractivity contribution in [2.24, 2.45) is 0 Å². The highest BCUT2D eigenvalue weighted by Gasteiger charge is 2.15. The normalized spacial score (nSPS) is 11.9. The van der Waals surface area contributed by atoms with Crippen LogP contribution in [-0.4, -0.2) is 32.8 Å². The molecule has 0 saturated carbocycles. The smallest absolute Gasteiger partial charge is 0.325 e. The summed E-state index contributed by atoms with van der Waals surface area (Å²) in [5.74, 6) is -1.46. The molecule has 0 bridgehead atoms. The van der Waals surface area contributed by atoms with Gasteiger partial charge in [0.15, 0.2) is 0 Å². The van der Waals surface area contributed by atoms with Crippen LogP contribution in [0.3, 0.4) is 0 Å². The number of carboxylic acid groups (broad SMARTS) is 1. The minimum absolute atomic E-state index is 0.400. The molecule has 2 aromatic rings. The summed E-state index contributed by atoms with van der Waals surface area (Å²) in [6.45, 7) is 3.95. The Kier molecular flexibility index (Phi) is 4.37. The highest BCUT2D eigenvalue weighted by molar-refractivity contribution is 5.96. The predicted molar refractivity (Wildman–Crippen MR) is 77.1 cm³/mol. The largest absolute Gasteiger partial charge is 0.480 e. The SMILES string of the molecule is Cc1cnn(Cc2cccc(C(=O)NC(C)C(=O)O)c2)c1. The number of carbonyl (C=O) groups is 2. The molecule has 110 valence electrons. The van der Waals surface area contributed by atoms with Gasteiger partial charge in [-0.1, -0.05) is 12.1 Å². The second kappa shape index (κ2) is 6.21. The fourth-order valence-corrected chi connectivity index (χ4v) is 1.89. The maximum absolute atomic E-state index is 12.0. The lowest BCUT2D eigenvalue weighted by Gasteiger charge is -2.10. The summed E-state index contributed by atoms with van der Waals surface area (Å²) in [5.41, 5.74) is 2.43. The lowest BCUT2D eigenvalue weighted by Crippen LogP contribution is -2.38. The first-order chi connectivity index (χ1) is 9.95. The van der Waals surface area contributed by atoms with E-state index in [4.69, 9.17) is 5.11 Å². The van der Waals surface area contributed by atoms with E-state index in [0.717, 1.165) is 11.1 Å². The molecule has 1 unspecified atom stereocenters. The van der Waals surface area contributed by atoms with Crippen molar-refractivity contribution in [1.82, 2.24) is 15.1 Å². The summed E-state index contributed by atoms with van der Waals surface area (Å²) in [6, 6.07) is 6.14. The summed E-state index contributed by atoms with van der Waals surface area (Å²) in [5, 5.41) is 15.4. The molecule has 1 atom stereocenters. The van der Waals surface area contributed by atoms with Crippen molar-refractivity contribution in [3.8, 4) is 0 Å². The lowest BCUT2D eigenvalue weighted by atomic mass is 10.1. The summed E-state index contributed by atoms with van der Waals surface area (Å²) in [6.07, 6.45) is 3.68. The van der Waals surface area contributed by atoms with Gasteiger partial charge in [0, 0.05) is 11.8 Å². The van der Waals surface area contributed by atoms with Gasteiger partial charge < -0.3 is 10.4 Å². The van der Waals surface area contributed by atoms with E-state index in [1.54, 1.807) is 29.1 Å². The van der Waals surface area contributed by atoms with Crippen molar-refractivity contribution in [3.63, 3.8) is 0 Å². The maximum atomic E-state index is 12.0. The minimum atomic E-state index is -1.06. The average molecular weight is 287 g/mol. The highest BCUT2D eigenvalue weighted by Crippen LogP contribution is 2.08. The highest BCUT2D eigenvalue weighted by atomic mass is 16.4. The van der Waals surface area contributed by atoms with E-state index >= 15 is 0 Å². The second-order valence-corrected chi connectivity index (χ2v) is 4.95. The Balaban J connectivity index is 2.10. The summed E-state index contributed by atoms with van der Waals surface area (Å²) in [4.78, 5) is 22.7. The van der Waals surface area contributed by atoms with Gasteiger partial charge in [-0.25, -0.2) is 0 Å². The number of aryl methyl sites for hydroxylation is 1. The van der Waals surface area contributed by atoms with Gasteiger partial charge >= 0.3 is 5.97 Å². The zero-order valence-electron chi connectivity index (χ0n) is 11.9. The molecular weight excluding hydrogens is 270 g/mol. The van der Waals surface area contributed by atoms with E-state index in [2.05, 4.69) is 10.4 Å². The van der Waals surface area contributed by atoms with Gasteiger partial charge in [0.05, 0.1) is 12.7 Å². The number of aromatic nitrogens is 2. The molecule has 21 heavy (non-hydrogen) atoms. The fourth-order valence-electron chi connectivity index (χ4n) is 1.89. The van der Waals surface area contributed by atoms with E-state index in [9.17, 15) is 9.59 Å². The third kappa shape index (κ3) is 3.92. The molecule has 0 aliphatic rings. The van der Waals surface area contributed by atoms with Crippen molar-refractivity contribution in [1.29, 1.82) is 0 Å². The molecule has 1 aromatic heterocycles. The van der Waals surface area contributed by atoms with E-state index in [0.29, 0.717) is 12.1 Å². The van der Waals surface area contributed by atoms with Crippen LogP contribution in [0.4, 0.5) is 0 Å². The Morgan fingerprint density at radius 1 is 1.43 bits per heavy atom. The van der Waals surface area contributed by atoms with Crippen molar-refractivity contribution < 1.29 is 14.7 Å². The zero-order valence-corrected chi connectivity index (χ0v) is 11.9. The topological polar surface area (TPSA) is 84.2 Å². The number of hydrogen-bond donors (Lipinski definition) is 2. The van der Waals surface area contributed by atoms with E-state index in [-0.39, 0.29) is 0 Å². The number of amides is 1. The molecule has 6 nitrogen and oxygen atoms in total. The maximum Gasteiger partial charge on any atom is 0.325 e. The molecule has 1 aromatic carbocycles. The van der Waals surface area contributed by atoms with Crippen LogP contribution in [0.15, 0.2) is 36.7 Å². The molecule has 2 rings (SSSR count). The van der Waals surface area contributed by atoms with Crippen LogP contribution in [0.5, 0.6) is 0 Å². The molecule has 1 amide bonds. The summed E-state index contributed by atoms with van der Waals surface area (Å²) in [7, 11) is 0. The molecule has 0 spiro atoms. The van der Waals surface area contributed by atoms with Crippen LogP contribution >= 0.6 is 0 Å². The first-order valence-corrected chi connectivity index (χ1v) is 6.57. The Morgan fingerprint density at radius 2 is 2.19 bits per heavy atom. The van der Waals surface area contributed by atoms with E-state index in [1.807, 2.05) is 19.2 Å². The third-order valence-electron chi connectivity index (χ3n) is 3.01. The fraction of sp³-hybridized carbons (Fsp3) is 0.267. The van der Waals surface area contributed by atoms with Gasteiger partial charge in [0.2, 0.25) is 0 Å². The molecule has 2 N–H and O–H groups in total. The average Bonchev–Trinajstić information content (AvgIpc) is 2.84. The van der Waals surface area contributed by atoms with Crippen molar-refractivity contribution in [3.05, 3.63) is 53.3 Å². The Bertz CT molecular complexity index is 664. The van der Waals surface area contributed by atoms with Crippen LogP contribution in [0.2, 0.25) is 0 Å². The molecule has 0 saturated heterocycles. The van der Waals surface area contributed by atoms with Gasteiger partial charge in [-0.2, -0.15) is 5.10 Å². The predicted octanol–water partition coefficient (Wildman–Crippen LogP) is 1.44. The number of carbonyl (C=O) groups excluding carboxylic acids is 1. The van der Waals surface area contributed by atoms with E-state index < -0.39 is 17.9 Å². The van der Waals surface area contributed by atoms with Gasteiger partial charge in [-0.05, 0) is 37.1 Å². The minimum Gasteiger partial charge on any atom is -0.480 e. The number of benzene rings is 1. The number of rotatable bonds is 5. The Labute approximate surface area is 122 Å². The molecule has 6 heteroatoms. The molecule has 0 radical (unpaired) electrons. The Morgan fingerprint density at radius 3 is 2.81 bits per heavy atom. The third-order valence-corrected chi connectivity index (χ3v) is 3.01. The van der Waals surface area contributed by atoms with Gasteiger partial charge in [-0.15, -0.1) is 0 Å². The van der Waals surface area contributed by atoms with E-state index in [1.165, 1.54) is 6.92 Å². The summed E-state index contributed by atoms with van der Waals surface area (Å²) < 4.78 is 1.78. The van der Waals surface area contributed by atoms with Gasteiger partial charge in [0.1, 0.15) is 6.04 Å². The monoisotopic (exact) mass is 287 g/mol. The standard InChI is InChI=1S/C15H17N3O3/c1-10-7-16-18(8-10)9-12-4-3-5-13(6-12)14(19)17-11(2)15(20)21/h3-8,11H,9H2,1-2H3,(H,17,19)(H,20,21). The van der Waals surface area contributed by atoms with Gasteiger partial charge in [-0.3, -0.25) is 14.3 Å². The number of carboxylic acids is 1. The first kappa shape index (κ1) is 14.8. The van der Waals surface area contributed by atoms with Crippen molar-refractivity contribution >= 4 is 11.9 Å². The molecule has 1 heterocycles. The van der Waals surface area contributed by atoms with Crippen LogP contribution in [-0.2, 0) is 11.3 Å². The Hall–Kier alpha value is -2.63. The zero-order chi connectivity index (χ0) is 15.4. The van der Waals surface area contributed by atoms with Crippen LogP contribution < -0.4 is 5.32 Å². The first-order valence-electron chi connectivity index (χ1n) is 6.57. The molecule has 0 aliphatic carbocycles. The lowest BCUT2D eigenvalue weighted by molar-refractivity contribution is -0.138. The molecular formula is C15H17N3O3. The quantitative estimate of drug-likeness (QED) is 0.871. The number of hydrogen-bond acceptors (Lipinski definition) is 3. The second-order valence-electron chi connectivity index (χ2n) is 4.95. The van der Waals surface area contributed by atoms with Crippen molar-refractivity contribution in [2.75, 3.05) is 0 Å². The van der Waals surface area contributed by atoms with Crippen molar-refractivity contribution in [2.45, 2.75) is 26.4 Å². The molecule has 0 aliphatic heterocycles. The van der Waals surface area contributed by atoms with Crippen LogP contribution in [0, 0.1) is 6.92 Å². The van der Waals surface area contributed by atoms with Crippen LogP contribution in [0.25, 0.3) is 0 Å². The summed E-state index contributed by atoms with van der Waals surface area (Å²) >= 11 is 0. The number of aliphatic carboxylic acids is 1. The molecule has 0 fully saturated rings. The number of nitrogens with zero attached hydrogens (tertiary/aromatic N) is 2. The van der Waals surface area contributed by atoms with Crippen LogP contribution in [0.1, 0.15) is 28.4 Å². The van der Waals surface area contributed by atoms with Gasteiger partial charge in [0.25, 0.3) is 5.91 Å².